The first-order valence-electron chi connectivity index (χ1n) is 8.12. The van der Waals surface area contributed by atoms with Gasteiger partial charge in [0.05, 0.1) is 24.8 Å². The van der Waals surface area contributed by atoms with E-state index < -0.39 is 0 Å². The van der Waals surface area contributed by atoms with Crippen LogP contribution in [0, 0.1) is 5.92 Å². The Balaban J connectivity index is 1.79. The summed E-state index contributed by atoms with van der Waals surface area (Å²) in [6.07, 6.45) is 3.33. The second-order valence-electron chi connectivity index (χ2n) is 6.07. The number of esters is 1. The Morgan fingerprint density at radius 2 is 1.96 bits per heavy atom. The lowest BCUT2D eigenvalue weighted by atomic mass is 10.2. The second kappa shape index (κ2) is 8.98. The maximum Gasteiger partial charge on any atom is 0.313 e. The van der Waals surface area contributed by atoms with E-state index in [9.17, 15) is 9.59 Å². The molecule has 0 spiro atoms. The molecular weight excluding hydrogens is 322 g/mol. The van der Waals surface area contributed by atoms with Gasteiger partial charge in [0.1, 0.15) is 5.75 Å². The lowest BCUT2D eigenvalue weighted by Gasteiger charge is -2.08. The molecule has 1 heterocycles. The van der Waals surface area contributed by atoms with Crippen LogP contribution in [-0.4, -0.2) is 34.9 Å². The third kappa shape index (κ3) is 6.39. The van der Waals surface area contributed by atoms with Crippen LogP contribution in [0.4, 0.5) is 5.69 Å². The molecule has 134 valence electrons. The quantitative estimate of drug-likeness (QED) is 0.452. The summed E-state index contributed by atoms with van der Waals surface area (Å²) >= 11 is 0. The van der Waals surface area contributed by atoms with E-state index in [0.29, 0.717) is 36.1 Å². The molecule has 7 nitrogen and oxygen atoms in total. The number of benzene rings is 1. The molecular formula is C18H23N3O4. The van der Waals surface area contributed by atoms with Gasteiger partial charge in [-0.3, -0.25) is 14.3 Å². The van der Waals surface area contributed by atoms with E-state index in [-0.39, 0.29) is 18.3 Å². The first-order chi connectivity index (χ1) is 11.9. The van der Waals surface area contributed by atoms with Crippen LogP contribution >= 0.6 is 0 Å². The van der Waals surface area contributed by atoms with Crippen LogP contribution in [0.2, 0.25) is 0 Å². The molecule has 0 bridgehead atoms. The van der Waals surface area contributed by atoms with Crippen molar-refractivity contribution in [3.05, 3.63) is 42.2 Å². The fourth-order valence-corrected chi connectivity index (χ4v) is 2.01. The maximum absolute atomic E-state index is 12.0. The normalized spacial score (nSPS) is 10.7. The Morgan fingerprint density at radius 3 is 2.56 bits per heavy atom. The van der Waals surface area contributed by atoms with E-state index in [2.05, 4.69) is 10.4 Å². The van der Waals surface area contributed by atoms with E-state index in [1.807, 2.05) is 13.8 Å². The van der Waals surface area contributed by atoms with Crippen LogP contribution in [0.5, 0.6) is 5.75 Å². The van der Waals surface area contributed by atoms with E-state index in [0.717, 1.165) is 0 Å². The van der Waals surface area contributed by atoms with E-state index in [1.165, 1.54) is 6.20 Å². The molecule has 0 atom stereocenters. The smallest absolute Gasteiger partial charge is 0.313 e. The molecule has 0 aliphatic heterocycles. The Hall–Kier alpha value is -2.67. The highest BCUT2D eigenvalue weighted by molar-refractivity contribution is 6.03. The van der Waals surface area contributed by atoms with Crippen molar-refractivity contribution in [1.29, 1.82) is 0 Å². The van der Waals surface area contributed by atoms with Crippen molar-refractivity contribution < 1.29 is 19.1 Å². The number of ether oxygens (including phenoxy) is 2. The molecule has 25 heavy (non-hydrogen) atoms. The SMILES string of the molecule is CC(C)COCCC(=O)Oc1ccc(NC(=O)c2cnn(C)c2)cc1. The summed E-state index contributed by atoms with van der Waals surface area (Å²) in [6, 6.07) is 6.61. The minimum absolute atomic E-state index is 0.201. The monoisotopic (exact) mass is 345 g/mol. The van der Waals surface area contributed by atoms with Gasteiger partial charge in [-0.05, 0) is 30.2 Å². The first-order valence-corrected chi connectivity index (χ1v) is 8.12. The van der Waals surface area contributed by atoms with Crippen molar-refractivity contribution in [2.45, 2.75) is 20.3 Å². The van der Waals surface area contributed by atoms with Crippen LogP contribution in [0.3, 0.4) is 0 Å². The average Bonchev–Trinajstić information content (AvgIpc) is 3.00. The maximum atomic E-state index is 12.0. The molecule has 1 amide bonds. The fraction of sp³-hybridized carbons (Fsp3) is 0.389. The molecule has 0 saturated heterocycles. The summed E-state index contributed by atoms with van der Waals surface area (Å²) in [7, 11) is 1.74. The number of nitrogens with one attached hydrogen (secondary N) is 1. The predicted octanol–water partition coefficient (Wildman–Crippen LogP) is 2.64. The Bertz CT molecular complexity index is 707. The third-order valence-corrected chi connectivity index (χ3v) is 3.21. The van der Waals surface area contributed by atoms with Gasteiger partial charge in [0.2, 0.25) is 0 Å². The van der Waals surface area contributed by atoms with Gasteiger partial charge in [0.25, 0.3) is 5.91 Å². The summed E-state index contributed by atoms with van der Waals surface area (Å²) in [4.78, 5) is 23.7. The molecule has 1 aromatic carbocycles. The molecule has 0 aliphatic rings. The molecule has 2 aromatic rings. The third-order valence-electron chi connectivity index (χ3n) is 3.21. The fourth-order valence-electron chi connectivity index (χ4n) is 2.01. The summed E-state index contributed by atoms with van der Waals surface area (Å²) in [5.74, 6) is 0.259. The van der Waals surface area contributed by atoms with Gasteiger partial charge in [0.15, 0.2) is 0 Å². The van der Waals surface area contributed by atoms with Crippen molar-refractivity contribution in [3.8, 4) is 5.75 Å². The number of nitrogens with zero attached hydrogens (tertiary/aromatic N) is 2. The summed E-state index contributed by atoms with van der Waals surface area (Å²) in [5.41, 5.74) is 1.08. The minimum Gasteiger partial charge on any atom is -0.426 e. The van der Waals surface area contributed by atoms with Gasteiger partial charge in [-0.1, -0.05) is 13.8 Å². The standard InChI is InChI=1S/C18H23N3O4/c1-13(2)12-24-9-8-17(22)25-16-6-4-15(5-7-16)20-18(23)14-10-19-21(3)11-14/h4-7,10-11,13H,8-9,12H2,1-3H3,(H,20,23). The highest BCUT2D eigenvalue weighted by atomic mass is 16.5. The molecule has 0 saturated carbocycles. The topological polar surface area (TPSA) is 82.4 Å². The largest absolute Gasteiger partial charge is 0.426 e. The van der Waals surface area contributed by atoms with Crippen LogP contribution < -0.4 is 10.1 Å². The van der Waals surface area contributed by atoms with Crippen molar-refractivity contribution >= 4 is 17.6 Å². The number of carbonyl (C=O) groups is 2. The average molecular weight is 345 g/mol. The van der Waals surface area contributed by atoms with E-state index >= 15 is 0 Å². The van der Waals surface area contributed by atoms with Gasteiger partial charge in [-0.2, -0.15) is 5.10 Å². The lowest BCUT2D eigenvalue weighted by Crippen LogP contribution is -2.13. The second-order valence-corrected chi connectivity index (χ2v) is 6.07. The van der Waals surface area contributed by atoms with Gasteiger partial charge >= 0.3 is 5.97 Å². The summed E-state index contributed by atoms with van der Waals surface area (Å²) in [5, 5.41) is 6.71. The van der Waals surface area contributed by atoms with Crippen molar-refractivity contribution in [2.75, 3.05) is 18.5 Å². The molecule has 0 radical (unpaired) electrons. The van der Waals surface area contributed by atoms with Crippen molar-refractivity contribution in [2.24, 2.45) is 13.0 Å². The van der Waals surface area contributed by atoms with E-state index in [4.69, 9.17) is 9.47 Å². The van der Waals surface area contributed by atoms with Gasteiger partial charge in [-0.25, -0.2) is 0 Å². The number of aromatic nitrogens is 2. The van der Waals surface area contributed by atoms with Crippen molar-refractivity contribution in [3.63, 3.8) is 0 Å². The number of carbonyl (C=O) groups excluding carboxylic acids is 2. The predicted molar refractivity (Wildman–Crippen MR) is 93.5 cm³/mol. The van der Waals surface area contributed by atoms with E-state index in [1.54, 1.807) is 42.2 Å². The van der Waals surface area contributed by atoms with Crippen LogP contribution in [0.1, 0.15) is 30.6 Å². The van der Waals surface area contributed by atoms with Gasteiger partial charge in [0, 0.05) is 25.5 Å². The molecule has 2 rings (SSSR count). The number of hydrogen-bond acceptors (Lipinski definition) is 5. The molecule has 0 unspecified atom stereocenters. The zero-order chi connectivity index (χ0) is 18.2. The highest BCUT2D eigenvalue weighted by Gasteiger charge is 2.09. The number of aryl methyl sites for hydroxylation is 1. The lowest BCUT2D eigenvalue weighted by molar-refractivity contribution is -0.135. The Morgan fingerprint density at radius 1 is 1.24 bits per heavy atom. The minimum atomic E-state index is -0.351. The first kappa shape index (κ1) is 18.7. The number of hydrogen-bond donors (Lipinski definition) is 1. The number of rotatable bonds is 8. The van der Waals surface area contributed by atoms with Crippen molar-refractivity contribution in [1.82, 2.24) is 9.78 Å². The zero-order valence-electron chi connectivity index (χ0n) is 14.7. The molecule has 7 heteroatoms. The van der Waals surface area contributed by atoms with Crippen LogP contribution in [-0.2, 0) is 16.6 Å². The number of anilines is 1. The van der Waals surface area contributed by atoms with Gasteiger partial charge < -0.3 is 14.8 Å². The van der Waals surface area contributed by atoms with Crippen LogP contribution in [0.25, 0.3) is 0 Å². The Labute approximate surface area is 146 Å². The highest BCUT2D eigenvalue weighted by Crippen LogP contribution is 2.17. The molecule has 1 aromatic heterocycles. The van der Waals surface area contributed by atoms with Crippen LogP contribution in [0.15, 0.2) is 36.7 Å². The zero-order valence-corrected chi connectivity index (χ0v) is 14.7. The number of amides is 1. The van der Waals surface area contributed by atoms with Gasteiger partial charge in [-0.15, -0.1) is 0 Å². The Kier molecular flexibility index (Phi) is 6.71. The molecule has 0 fully saturated rings. The molecule has 1 N–H and O–H groups in total. The summed E-state index contributed by atoms with van der Waals surface area (Å²) in [6.45, 7) is 5.06. The summed E-state index contributed by atoms with van der Waals surface area (Å²) < 4.78 is 12.1. The molecule has 0 aliphatic carbocycles.